The molecule has 2 aromatic rings. The number of hydrogen-bond acceptors (Lipinski definition) is 6. The van der Waals surface area contributed by atoms with Gasteiger partial charge in [-0.2, -0.15) is 0 Å². The molecular formula is C26H34N2O6. The number of likely N-dealkylation sites (N-methyl/N-ethyl adjacent to an activating group) is 1. The maximum atomic E-state index is 12.5. The monoisotopic (exact) mass is 470 g/mol. The fourth-order valence-electron chi connectivity index (χ4n) is 3.85. The highest BCUT2D eigenvalue weighted by molar-refractivity contribution is 5.85. The molecule has 8 heteroatoms. The molecule has 34 heavy (non-hydrogen) atoms. The molecule has 0 aliphatic carbocycles. The minimum Gasteiger partial charge on any atom is -0.497 e. The summed E-state index contributed by atoms with van der Waals surface area (Å²) in [5.41, 5.74) is 0.425. The Morgan fingerprint density at radius 2 is 1.68 bits per heavy atom. The Balaban J connectivity index is 1.45. The zero-order valence-electron chi connectivity index (χ0n) is 20.6. The van der Waals surface area contributed by atoms with Crippen molar-refractivity contribution < 1.29 is 28.6 Å². The molecule has 0 N–H and O–H groups in total. The standard InChI is InChI=1S/C26H34N2O6/c1-26(2,3)34-25(31)28-12-10-19(11-13-28)24(30)33-17-23(29)27(4)16-18-6-7-21-15-22(32-5)9-8-20(21)14-18/h6-9,14-15,19H,10-13,16-17H2,1-5H3. The number of ether oxygens (including phenoxy) is 3. The lowest BCUT2D eigenvalue weighted by Gasteiger charge is -2.32. The smallest absolute Gasteiger partial charge is 0.410 e. The molecule has 1 saturated heterocycles. The van der Waals surface area contributed by atoms with Crippen LogP contribution in [0.5, 0.6) is 5.75 Å². The van der Waals surface area contributed by atoms with Gasteiger partial charge in [-0.3, -0.25) is 9.59 Å². The van der Waals surface area contributed by atoms with Crippen LogP contribution < -0.4 is 4.74 Å². The summed E-state index contributed by atoms with van der Waals surface area (Å²) in [7, 11) is 3.32. The summed E-state index contributed by atoms with van der Waals surface area (Å²) in [5.74, 6) is -0.196. The first kappa shape index (κ1) is 25.3. The Hall–Kier alpha value is -3.29. The molecule has 0 radical (unpaired) electrons. The number of piperidine rings is 1. The van der Waals surface area contributed by atoms with E-state index in [1.807, 2.05) is 57.2 Å². The molecule has 8 nitrogen and oxygen atoms in total. The summed E-state index contributed by atoms with van der Waals surface area (Å²) in [6.45, 7) is 6.42. The highest BCUT2D eigenvalue weighted by Crippen LogP contribution is 2.23. The molecule has 184 valence electrons. The molecule has 3 rings (SSSR count). The summed E-state index contributed by atoms with van der Waals surface area (Å²) in [5, 5.41) is 2.12. The summed E-state index contributed by atoms with van der Waals surface area (Å²) >= 11 is 0. The van der Waals surface area contributed by atoms with E-state index in [0.717, 1.165) is 22.1 Å². The van der Waals surface area contributed by atoms with E-state index < -0.39 is 11.6 Å². The lowest BCUT2D eigenvalue weighted by Crippen LogP contribution is -2.43. The van der Waals surface area contributed by atoms with Gasteiger partial charge in [0.25, 0.3) is 5.91 Å². The number of rotatable bonds is 6. The van der Waals surface area contributed by atoms with Crippen LogP contribution in [0.15, 0.2) is 36.4 Å². The number of esters is 1. The fourth-order valence-corrected chi connectivity index (χ4v) is 3.85. The molecule has 1 heterocycles. The molecule has 0 aromatic heterocycles. The predicted octanol–water partition coefficient (Wildman–Crippen LogP) is 4.00. The summed E-state index contributed by atoms with van der Waals surface area (Å²) in [6, 6.07) is 11.8. The Morgan fingerprint density at radius 3 is 2.32 bits per heavy atom. The zero-order valence-corrected chi connectivity index (χ0v) is 20.6. The van der Waals surface area contributed by atoms with Crippen molar-refractivity contribution >= 4 is 28.7 Å². The first-order valence-corrected chi connectivity index (χ1v) is 11.5. The van der Waals surface area contributed by atoms with Gasteiger partial charge in [0.15, 0.2) is 6.61 Å². The van der Waals surface area contributed by atoms with Crippen molar-refractivity contribution in [1.29, 1.82) is 0 Å². The normalized spacial score (nSPS) is 14.6. The van der Waals surface area contributed by atoms with Gasteiger partial charge in [-0.25, -0.2) is 4.79 Å². The van der Waals surface area contributed by atoms with Crippen molar-refractivity contribution in [2.75, 3.05) is 33.9 Å². The molecule has 2 aromatic carbocycles. The van der Waals surface area contributed by atoms with Gasteiger partial charge >= 0.3 is 12.1 Å². The van der Waals surface area contributed by atoms with Crippen molar-refractivity contribution in [3.8, 4) is 5.75 Å². The van der Waals surface area contributed by atoms with Crippen LogP contribution in [0.1, 0.15) is 39.2 Å². The third-order valence-corrected chi connectivity index (χ3v) is 5.78. The number of amides is 2. The first-order valence-electron chi connectivity index (χ1n) is 11.5. The molecule has 1 aliphatic rings. The number of nitrogens with zero attached hydrogens (tertiary/aromatic N) is 2. The van der Waals surface area contributed by atoms with Gasteiger partial charge in [0, 0.05) is 26.7 Å². The van der Waals surface area contributed by atoms with E-state index >= 15 is 0 Å². The fraction of sp³-hybridized carbons (Fsp3) is 0.500. The van der Waals surface area contributed by atoms with E-state index in [9.17, 15) is 14.4 Å². The second-order valence-electron chi connectivity index (χ2n) is 9.65. The third-order valence-electron chi connectivity index (χ3n) is 5.78. The number of benzene rings is 2. The van der Waals surface area contributed by atoms with Gasteiger partial charge in [0.1, 0.15) is 11.4 Å². The number of carbonyl (C=O) groups is 3. The number of likely N-dealkylation sites (tertiary alicyclic amines) is 1. The third kappa shape index (κ3) is 6.85. The number of methoxy groups -OCH3 is 1. The minimum atomic E-state index is -0.556. The second kappa shape index (κ2) is 10.8. The second-order valence-corrected chi connectivity index (χ2v) is 9.65. The molecular weight excluding hydrogens is 436 g/mol. The molecule has 0 bridgehead atoms. The summed E-state index contributed by atoms with van der Waals surface area (Å²) < 4.78 is 15.9. The van der Waals surface area contributed by atoms with Crippen LogP contribution in [0.3, 0.4) is 0 Å². The van der Waals surface area contributed by atoms with Crippen LogP contribution in [0.4, 0.5) is 4.79 Å². The lowest BCUT2D eigenvalue weighted by atomic mass is 9.97. The van der Waals surface area contributed by atoms with E-state index in [1.165, 1.54) is 0 Å². The Kier molecular flexibility index (Phi) is 8.02. The number of fused-ring (bicyclic) bond motifs is 1. The number of hydrogen-bond donors (Lipinski definition) is 0. The van der Waals surface area contributed by atoms with Crippen LogP contribution >= 0.6 is 0 Å². The molecule has 0 atom stereocenters. The van der Waals surface area contributed by atoms with E-state index in [2.05, 4.69) is 0 Å². The summed E-state index contributed by atoms with van der Waals surface area (Å²) in [6.07, 6.45) is 0.609. The van der Waals surface area contributed by atoms with Crippen molar-refractivity contribution in [3.05, 3.63) is 42.0 Å². The van der Waals surface area contributed by atoms with Crippen LogP contribution in [-0.2, 0) is 25.6 Å². The van der Waals surface area contributed by atoms with Gasteiger partial charge in [-0.15, -0.1) is 0 Å². The van der Waals surface area contributed by atoms with Crippen LogP contribution in [-0.4, -0.2) is 67.2 Å². The van der Waals surface area contributed by atoms with Crippen LogP contribution in [0, 0.1) is 5.92 Å². The SMILES string of the molecule is COc1ccc2cc(CN(C)C(=O)COC(=O)C3CCN(C(=O)OC(C)(C)C)CC3)ccc2c1. The van der Waals surface area contributed by atoms with E-state index in [4.69, 9.17) is 14.2 Å². The van der Waals surface area contributed by atoms with Crippen molar-refractivity contribution in [3.63, 3.8) is 0 Å². The van der Waals surface area contributed by atoms with Gasteiger partial charge in [-0.05, 0) is 68.1 Å². The Labute approximate surface area is 200 Å². The van der Waals surface area contributed by atoms with E-state index in [1.54, 1.807) is 24.0 Å². The van der Waals surface area contributed by atoms with Crippen LogP contribution in [0.25, 0.3) is 10.8 Å². The number of carbonyl (C=O) groups excluding carboxylic acids is 3. The van der Waals surface area contributed by atoms with Crippen molar-refractivity contribution in [2.45, 2.75) is 45.8 Å². The minimum absolute atomic E-state index is 0.269. The molecule has 0 unspecified atom stereocenters. The zero-order chi connectivity index (χ0) is 24.9. The topological polar surface area (TPSA) is 85.4 Å². The van der Waals surface area contributed by atoms with Gasteiger partial charge < -0.3 is 24.0 Å². The molecule has 1 aliphatic heterocycles. The Morgan fingerprint density at radius 1 is 1.03 bits per heavy atom. The van der Waals surface area contributed by atoms with Gasteiger partial charge in [0.2, 0.25) is 0 Å². The molecule has 0 saturated carbocycles. The van der Waals surface area contributed by atoms with Crippen LogP contribution in [0.2, 0.25) is 0 Å². The lowest BCUT2D eigenvalue weighted by molar-refractivity contribution is -0.156. The van der Waals surface area contributed by atoms with E-state index in [0.29, 0.717) is 32.5 Å². The maximum absolute atomic E-state index is 12.5. The highest BCUT2D eigenvalue weighted by atomic mass is 16.6. The van der Waals surface area contributed by atoms with Gasteiger partial charge in [-0.1, -0.05) is 18.2 Å². The van der Waals surface area contributed by atoms with E-state index in [-0.39, 0.29) is 24.5 Å². The average molecular weight is 471 g/mol. The maximum Gasteiger partial charge on any atom is 0.410 e. The molecule has 1 fully saturated rings. The quantitative estimate of drug-likeness (QED) is 0.594. The van der Waals surface area contributed by atoms with Gasteiger partial charge in [0.05, 0.1) is 13.0 Å². The highest BCUT2D eigenvalue weighted by Gasteiger charge is 2.31. The predicted molar refractivity (Wildman–Crippen MR) is 128 cm³/mol. The molecule has 2 amide bonds. The Bertz CT molecular complexity index is 1040. The average Bonchev–Trinajstić information content (AvgIpc) is 2.80. The molecule has 0 spiro atoms. The first-order chi connectivity index (χ1) is 16.1. The van der Waals surface area contributed by atoms with Crippen molar-refractivity contribution in [1.82, 2.24) is 9.80 Å². The van der Waals surface area contributed by atoms with Crippen molar-refractivity contribution in [2.24, 2.45) is 5.92 Å². The largest absolute Gasteiger partial charge is 0.497 e. The summed E-state index contributed by atoms with van der Waals surface area (Å²) in [4.78, 5) is 40.3.